The van der Waals surface area contributed by atoms with E-state index in [9.17, 15) is 9.90 Å². The number of carbonyl (C=O) groups is 1. The number of hydrogen-bond acceptors (Lipinski definition) is 2. The normalized spacial score (nSPS) is 10.5. The minimum atomic E-state index is -0.129. The molecule has 2 rings (SSSR count). The van der Waals surface area contributed by atoms with Gasteiger partial charge in [0, 0.05) is 4.47 Å². The molecule has 0 radical (unpaired) electrons. The van der Waals surface area contributed by atoms with Crippen molar-refractivity contribution < 1.29 is 9.90 Å². The topological polar surface area (TPSA) is 37.3 Å². The Morgan fingerprint density at radius 3 is 2.47 bits per heavy atom. The highest BCUT2D eigenvalue weighted by atomic mass is 79.9. The summed E-state index contributed by atoms with van der Waals surface area (Å²) in [4.78, 5) is 11.4. The highest BCUT2D eigenvalue weighted by molar-refractivity contribution is 9.10. The van der Waals surface area contributed by atoms with Crippen molar-refractivity contribution in [1.29, 1.82) is 0 Å². The number of aromatic hydroxyl groups is 1. The predicted molar refractivity (Wildman–Crippen MR) is 63.3 cm³/mol. The fourth-order valence-corrected chi connectivity index (χ4v) is 2.25. The molecule has 0 aliphatic carbocycles. The van der Waals surface area contributed by atoms with Crippen LogP contribution in [0.25, 0.3) is 10.8 Å². The van der Waals surface area contributed by atoms with Crippen molar-refractivity contribution in [1.82, 2.24) is 0 Å². The molecular weight excluding hydrogens is 256 g/mol. The third-order valence-corrected chi connectivity index (χ3v) is 2.98. The molecule has 2 nitrogen and oxygen atoms in total. The molecule has 0 aliphatic heterocycles. The summed E-state index contributed by atoms with van der Waals surface area (Å²) in [5.74, 6) is -0.107. The molecule has 15 heavy (non-hydrogen) atoms. The number of carbonyl (C=O) groups excluding carboxylic acids is 1. The van der Waals surface area contributed by atoms with Gasteiger partial charge in [-0.05, 0) is 23.8 Å². The Hall–Kier alpha value is -1.35. The Morgan fingerprint density at radius 1 is 1.27 bits per heavy atom. The van der Waals surface area contributed by atoms with Crippen LogP contribution in [0.5, 0.6) is 5.75 Å². The van der Waals surface area contributed by atoms with Gasteiger partial charge in [-0.1, -0.05) is 40.2 Å². The van der Waals surface area contributed by atoms with Crippen LogP contribution in [-0.2, 0) is 0 Å². The number of Topliss-reactive ketones (excluding diaryl/α,β-unsaturated/α-hetero) is 1. The first-order valence-corrected chi connectivity index (χ1v) is 5.31. The molecule has 0 amide bonds. The van der Waals surface area contributed by atoms with E-state index in [-0.39, 0.29) is 11.5 Å². The van der Waals surface area contributed by atoms with Crippen molar-refractivity contribution in [2.75, 3.05) is 0 Å². The van der Waals surface area contributed by atoms with Crippen LogP contribution in [0.15, 0.2) is 34.8 Å². The Labute approximate surface area is 95.7 Å². The van der Waals surface area contributed by atoms with E-state index in [1.54, 1.807) is 6.07 Å². The number of halogens is 1. The average Bonchev–Trinajstić information content (AvgIpc) is 2.17. The summed E-state index contributed by atoms with van der Waals surface area (Å²) in [5.41, 5.74) is 0.383. The second-order valence-electron chi connectivity index (χ2n) is 3.35. The summed E-state index contributed by atoms with van der Waals surface area (Å²) in [7, 11) is 0. The van der Waals surface area contributed by atoms with E-state index in [2.05, 4.69) is 15.9 Å². The van der Waals surface area contributed by atoms with E-state index < -0.39 is 0 Å². The molecule has 0 heterocycles. The van der Waals surface area contributed by atoms with Crippen LogP contribution in [0.4, 0.5) is 0 Å². The zero-order valence-electron chi connectivity index (χ0n) is 8.12. The predicted octanol–water partition coefficient (Wildman–Crippen LogP) is 3.51. The van der Waals surface area contributed by atoms with Crippen LogP contribution in [0.3, 0.4) is 0 Å². The maximum absolute atomic E-state index is 11.4. The van der Waals surface area contributed by atoms with Gasteiger partial charge in [0.05, 0.1) is 5.56 Å². The molecule has 3 heteroatoms. The highest BCUT2D eigenvalue weighted by Crippen LogP contribution is 2.33. The minimum absolute atomic E-state index is 0.0214. The van der Waals surface area contributed by atoms with Crippen molar-refractivity contribution in [2.45, 2.75) is 6.92 Å². The van der Waals surface area contributed by atoms with E-state index in [4.69, 9.17) is 0 Å². The van der Waals surface area contributed by atoms with Gasteiger partial charge >= 0.3 is 0 Å². The van der Waals surface area contributed by atoms with Gasteiger partial charge in [-0.25, -0.2) is 0 Å². The van der Waals surface area contributed by atoms with Crippen LogP contribution in [0.1, 0.15) is 17.3 Å². The van der Waals surface area contributed by atoms with E-state index in [1.165, 1.54) is 6.92 Å². The van der Waals surface area contributed by atoms with E-state index in [0.717, 1.165) is 15.2 Å². The first-order chi connectivity index (χ1) is 7.11. The molecule has 2 aromatic rings. The van der Waals surface area contributed by atoms with Gasteiger partial charge < -0.3 is 5.11 Å². The smallest absolute Gasteiger partial charge is 0.164 e. The average molecular weight is 265 g/mol. The minimum Gasteiger partial charge on any atom is -0.507 e. The largest absolute Gasteiger partial charge is 0.507 e. The number of hydrogen-bond donors (Lipinski definition) is 1. The summed E-state index contributed by atoms with van der Waals surface area (Å²) in [6, 6.07) is 9.04. The number of rotatable bonds is 1. The third-order valence-electron chi connectivity index (χ3n) is 2.33. The van der Waals surface area contributed by atoms with Crippen LogP contribution in [0.2, 0.25) is 0 Å². The lowest BCUT2D eigenvalue weighted by Gasteiger charge is -2.07. The van der Waals surface area contributed by atoms with E-state index in [1.807, 2.05) is 24.3 Å². The summed E-state index contributed by atoms with van der Waals surface area (Å²) >= 11 is 3.36. The van der Waals surface area contributed by atoms with Gasteiger partial charge in [0.15, 0.2) is 5.78 Å². The van der Waals surface area contributed by atoms with Gasteiger partial charge in [0.2, 0.25) is 0 Å². The lowest BCUT2D eigenvalue weighted by molar-refractivity contribution is 0.101. The maximum atomic E-state index is 11.4. The first kappa shape index (κ1) is 10.2. The molecule has 0 unspecified atom stereocenters. The lowest BCUT2D eigenvalue weighted by atomic mass is 10.0. The van der Waals surface area contributed by atoms with E-state index >= 15 is 0 Å². The first-order valence-electron chi connectivity index (χ1n) is 4.52. The lowest BCUT2D eigenvalue weighted by Crippen LogP contribution is -1.94. The van der Waals surface area contributed by atoms with Crippen LogP contribution in [0, 0.1) is 0 Å². The molecule has 0 aliphatic rings. The number of phenolic OH excluding ortho intramolecular Hbond substituents is 1. The molecule has 0 saturated carbocycles. The second kappa shape index (κ2) is 3.66. The molecule has 0 aromatic heterocycles. The number of fused-ring (bicyclic) bond motifs is 1. The van der Waals surface area contributed by atoms with Gasteiger partial charge in [-0.3, -0.25) is 4.79 Å². The van der Waals surface area contributed by atoms with Crippen molar-refractivity contribution in [3.8, 4) is 5.75 Å². The van der Waals surface area contributed by atoms with Crippen LogP contribution >= 0.6 is 15.9 Å². The Balaban J connectivity index is 2.96. The zero-order valence-corrected chi connectivity index (χ0v) is 9.71. The Kier molecular flexibility index (Phi) is 2.49. The molecular formula is C12H9BrO2. The summed E-state index contributed by atoms with van der Waals surface area (Å²) in [6.07, 6.45) is 0. The quantitative estimate of drug-likeness (QED) is 0.801. The molecule has 0 spiro atoms. The fraction of sp³-hybridized carbons (Fsp3) is 0.0833. The van der Waals surface area contributed by atoms with E-state index in [0.29, 0.717) is 5.56 Å². The third kappa shape index (κ3) is 1.63. The Morgan fingerprint density at radius 2 is 1.87 bits per heavy atom. The summed E-state index contributed by atoms with van der Waals surface area (Å²) in [5, 5.41) is 11.4. The molecule has 0 saturated heterocycles. The second-order valence-corrected chi connectivity index (χ2v) is 4.21. The molecule has 76 valence electrons. The van der Waals surface area contributed by atoms with Gasteiger partial charge in [-0.2, -0.15) is 0 Å². The standard InChI is InChI=1S/C12H9BrO2/c1-7(14)12-9-5-3-2-4-8(9)10(13)6-11(12)15/h2-6,15H,1H3. The Bertz CT molecular complexity index is 547. The van der Waals surface area contributed by atoms with Crippen molar-refractivity contribution in [3.05, 3.63) is 40.4 Å². The SMILES string of the molecule is CC(=O)c1c(O)cc(Br)c2ccccc12. The van der Waals surface area contributed by atoms with Crippen LogP contribution < -0.4 is 0 Å². The summed E-state index contributed by atoms with van der Waals surface area (Å²) < 4.78 is 0.792. The highest BCUT2D eigenvalue weighted by Gasteiger charge is 2.13. The molecule has 0 atom stereocenters. The zero-order chi connectivity index (χ0) is 11.0. The summed E-state index contributed by atoms with van der Waals surface area (Å²) in [6.45, 7) is 1.45. The molecule has 0 bridgehead atoms. The van der Waals surface area contributed by atoms with Crippen molar-refractivity contribution in [2.24, 2.45) is 0 Å². The maximum Gasteiger partial charge on any atom is 0.164 e. The van der Waals surface area contributed by atoms with Gasteiger partial charge in [0.1, 0.15) is 5.75 Å². The van der Waals surface area contributed by atoms with Gasteiger partial charge in [-0.15, -0.1) is 0 Å². The van der Waals surface area contributed by atoms with Gasteiger partial charge in [0.25, 0.3) is 0 Å². The van der Waals surface area contributed by atoms with Crippen molar-refractivity contribution in [3.63, 3.8) is 0 Å². The molecule has 1 N–H and O–H groups in total. The molecule has 0 fully saturated rings. The fourth-order valence-electron chi connectivity index (χ4n) is 1.69. The van der Waals surface area contributed by atoms with Crippen molar-refractivity contribution >= 4 is 32.5 Å². The molecule has 2 aromatic carbocycles. The number of phenols is 1. The number of ketones is 1. The monoisotopic (exact) mass is 264 g/mol. The van der Waals surface area contributed by atoms with Crippen LogP contribution in [-0.4, -0.2) is 10.9 Å². The number of benzene rings is 2.